The molecule has 2 rings (SSSR count). The summed E-state index contributed by atoms with van der Waals surface area (Å²) in [6.45, 7) is 0.197. The molecule has 1 aromatic rings. The van der Waals surface area contributed by atoms with Gasteiger partial charge in [-0.15, -0.1) is 0 Å². The fourth-order valence-corrected chi connectivity index (χ4v) is 2.57. The molecule has 110 valence electrons. The van der Waals surface area contributed by atoms with Crippen LogP contribution in [0.25, 0.3) is 0 Å². The van der Waals surface area contributed by atoms with Crippen LogP contribution in [0.2, 0.25) is 0 Å². The molecule has 2 N–H and O–H groups in total. The monoisotopic (exact) mass is 287 g/mol. The van der Waals surface area contributed by atoms with E-state index in [1.54, 1.807) is 0 Å². The Kier molecular flexibility index (Phi) is 4.32. The van der Waals surface area contributed by atoms with Crippen molar-refractivity contribution in [2.75, 3.05) is 13.2 Å². The first-order valence-corrected chi connectivity index (χ1v) is 6.51. The van der Waals surface area contributed by atoms with Crippen molar-refractivity contribution in [1.82, 2.24) is 5.32 Å². The summed E-state index contributed by atoms with van der Waals surface area (Å²) in [5.41, 5.74) is -0.625. The minimum atomic E-state index is -1.59. The van der Waals surface area contributed by atoms with Crippen LogP contribution in [-0.4, -0.2) is 24.2 Å². The van der Waals surface area contributed by atoms with Gasteiger partial charge in [0, 0.05) is 17.5 Å². The maximum absolute atomic E-state index is 13.0. The highest BCUT2D eigenvalue weighted by atomic mass is 19.2. The van der Waals surface area contributed by atoms with Crippen molar-refractivity contribution in [3.63, 3.8) is 0 Å². The second-order valence-electron chi connectivity index (χ2n) is 5.30. The summed E-state index contributed by atoms with van der Waals surface area (Å²) < 4.78 is 38.9. The van der Waals surface area contributed by atoms with Crippen LogP contribution < -0.4 is 5.32 Å². The van der Waals surface area contributed by atoms with Crippen LogP contribution in [0, 0.1) is 22.9 Å². The summed E-state index contributed by atoms with van der Waals surface area (Å²) in [4.78, 5) is 11.8. The third-order valence-corrected chi connectivity index (χ3v) is 3.87. The molecular weight excluding hydrogens is 271 g/mol. The highest BCUT2D eigenvalue weighted by Crippen LogP contribution is 2.36. The fraction of sp³-hybridized carbons (Fsp3) is 0.500. The highest BCUT2D eigenvalue weighted by molar-refractivity contribution is 5.94. The van der Waals surface area contributed by atoms with E-state index in [1.165, 1.54) is 0 Å². The molecule has 1 aliphatic rings. The van der Waals surface area contributed by atoms with Gasteiger partial charge in [-0.25, -0.2) is 13.2 Å². The van der Waals surface area contributed by atoms with Crippen molar-refractivity contribution in [2.24, 2.45) is 5.41 Å². The third-order valence-electron chi connectivity index (χ3n) is 3.87. The van der Waals surface area contributed by atoms with Gasteiger partial charge in [-0.3, -0.25) is 4.79 Å². The van der Waals surface area contributed by atoms with Gasteiger partial charge in [0.15, 0.2) is 17.5 Å². The van der Waals surface area contributed by atoms with Gasteiger partial charge in [-0.05, 0) is 25.0 Å². The number of aliphatic hydroxyl groups excluding tert-OH is 1. The molecule has 0 atom stereocenters. The Bertz CT molecular complexity index is 490. The molecule has 1 fully saturated rings. The Balaban J connectivity index is 2.05. The molecule has 1 aliphatic carbocycles. The van der Waals surface area contributed by atoms with Crippen LogP contribution in [0.15, 0.2) is 12.1 Å². The molecule has 0 spiro atoms. The molecule has 0 aromatic heterocycles. The average Bonchev–Trinajstić information content (AvgIpc) is 2.91. The van der Waals surface area contributed by atoms with E-state index < -0.39 is 23.4 Å². The zero-order valence-electron chi connectivity index (χ0n) is 10.9. The standard InChI is InChI=1S/C14H16F3NO2/c15-10-5-9(6-11(16)12(10)17)13(20)18-7-14(8-19)3-1-2-4-14/h5-6,19H,1-4,7-8H2,(H,18,20). The van der Waals surface area contributed by atoms with Gasteiger partial charge in [-0.2, -0.15) is 0 Å². The molecule has 20 heavy (non-hydrogen) atoms. The molecule has 0 unspecified atom stereocenters. The van der Waals surface area contributed by atoms with E-state index in [2.05, 4.69) is 5.32 Å². The molecule has 1 aromatic carbocycles. The SMILES string of the molecule is O=C(NCC1(CO)CCCC1)c1cc(F)c(F)c(F)c1. The van der Waals surface area contributed by atoms with Crippen LogP contribution in [0.3, 0.4) is 0 Å². The molecule has 6 heteroatoms. The van der Waals surface area contributed by atoms with E-state index in [0.29, 0.717) is 12.1 Å². The van der Waals surface area contributed by atoms with Gasteiger partial charge in [0.25, 0.3) is 5.91 Å². The van der Waals surface area contributed by atoms with E-state index in [0.717, 1.165) is 25.7 Å². The number of nitrogens with one attached hydrogen (secondary N) is 1. The Labute approximate surface area is 114 Å². The number of hydrogen-bond donors (Lipinski definition) is 2. The normalized spacial score (nSPS) is 17.2. The zero-order valence-corrected chi connectivity index (χ0v) is 10.9. The highest BCUT2D eigenvalue weighted by Gasteiger charge is 2.33. The first kappa shape index (κ1) is 14.8. The number of halogens is 3. The van der Waals surface area contributed by atoms with E-state index >= 15 is 0 Å². The van der Waals surface area contributed by atoms with Gasteiger partial charge < -0.3 is 10.4 Å². The average molecular weight is 287 g/mol. The number of carbonyl (C=O) groups is 1. The van der Waals surface area contributed by atoms with Crippen LogP contribution >= 0.6 is 0 Å². The Morgan fingerprint density at radius 2 is 1.75 bits per heavy atom. The van der Waals surface area contributed by atoms with E-state index in [-0.39, 0.29) is 24.1 Å². The van der Waals surface area contributed by atoms with Gasteiger partial charge in [0.2, 0.25) is 0 Å². The second-order valence-corrected chi connectivity index (χ2v) is 5.30. The van der Waals surface area contributed by atoms with Crippen LogP contribution in [0.1, 0.15) is 36.0 Å². The molecule has 3 nitrogen and oxygen atoms in total. The van der Waals surface area contributed by atoms with Gasteiger partial charge in [-0.1, -0.05) is 12.8 Å². The van der Waals surface area contributed by atoms with E-state index in [1.807, 2.05) is 0 Å². The largest absolute Gasteiger partial charge is 0.396 e. The lowest BCUT2D eigenvalue weighted by Gasteiger charge is -2.26. The summed E-state index contributed by atoms with van der Waals surface area (Å²) in [5.74, 6) is -5.06. The van der Waals surface area contributed by atoms with Crippen molar-refractivity contribution < 1.29 is 23.1 Å². The number of carbonyl (C=O) groups excluding carboxylic acids is 1. The predicted molar refractivity (Wildman–Crippen MR) is 66.6 cm³/mol. The van der Waals surface area contributed by atoms with Crippen molar-refractivity contribution in [2.45, 2.75) is 25.7 Å². The minimum absolute atomic E-state index is 0.0422. The van der Waals surface area contributed by atoms with Gasteiger partial charge in [0.05, 0.1) is 6.61 Å². The quantitative estimate of drug-likeness (QED) is 0.835. The number of rotatable bonds is 4. The number of benzene rings is 1. The Morgan fingerprint density at radius 1 is 1.20 bits per heavy atom. The van der Waals surface area contributed by atoms with E-state index in [4.69, 9.17) is 0 Å². The molecule has 0 aliphatic heterocycles. The summed E-state index contributed by atoms with van der Waals surface area (Å²) in [6, 6.07) is 1.32. The zero-order chi connectivity index (χ0) is 14.8. The third kappa shape index (κ3) is 2.95. The topological polar surface area (TPSA) is 49.3 Å². The number of hydrogen-bond acceptors (Lipinski definition) is 2. The van der Waals surface area contributed by atoms with Crippen LogP contribution in [-0.2, 0) is 0 Å². The second kappa shape index (κ2) is 5.83. The first-order chi connectivity index (χ1) is 9.47. The minimum Gasteiger partial charge on any atom is -0.396 e. The number of amides is 1. The summed E-state index contributed by atoms with van der Waals surface area (Å²) >= 11 is 0. The van der Waals surface area contributed by atoms with Crippen LogP contribution in [0.4, 0.5) is 13.2 Å². The van der Waals surface area contributed by atoms with E-state index in [9.17, 15) is 23.1 Å². The molecule has 1 amide bonds. The lowest BCUT2D eigenvalue weighted by Crippen LogP contribution is -2.38. The van der Waals surface area contributed by atoms with Crippen molar-refractivity contribution in [3.8, 4) is 0 Å². The van der Waals surface area contributed by atoms with Crippen molar-refractivity contribution in [3.05, 3.63) is 35.1 Å². The maximum Gasteiger partial charge on any atom is 0.251 e. The summed E-state index contributed by atoms with van der Waals surface area (Å²) in [6.07, 6.45) is 3.57. The predicted octanol–water partition coefficient (Wildman–Crippen LogP) is 2.39. The Morgan fingerprint density at radius 3 is 2.25 bits per heavy atom. The maximum atomic E-state index is 13.0. The Hall–Kier alpha value is -1.56. The molecule has 0 radical (unpaired) electrons. The summed E-state index contributed by atoms with van der Waals surface area (Å²) in [7, 11) is 0. The molecular formula is C14H16F3NO2. The molecule has 1 saturated carbocycles. The molecule has 0 heterocycles. The van der Waals surface area contributed by atoms with Crippen molar-refractivity contribution in [1.29, 1.82) is 0 Å². The lowest BCUT2D eigenvalue weighted by molar-refractivity contribution is 0.0879. The summed E-state index contributed by atoms with van der Waals surface area (Å²) in [5, 5.41) is 12.0. The fourth-order valence-electron chi connectivity index (χ4n) is 2.57. The lowest BCUT2D eigenvalue weighted by atomic mass is 9.87. The first-order valence-electron chi connectivity index (χ1n) is 6.51. The molecule has 0 saturated heterocycles. The number of aliphatic hydroxyl groups is 1. The van der Waals surface area contributed by atoms with Crippen LogP contribution in [0.5, 0.6) is 0 Å². The molecule has 0 bridgehead atoms. The smallest absolute Gasteiger partial charge is 0.251 e. The van der Waals surface area contributed by atoms with Gasteiger partial charge in [0.1, 0.15) is 0 Å². The van der Waals surface area contributed by atoms with Gasteiger partial charge >= 0.3 is 0 Å². The van der Waals surface area contributed by atoms with Crippen molar-refractivity contribution >= 4 is 5.91 Å².